The lowest BCUT2D eigenvalue weighted by Crippen LogP contribution is -2.27. The summed E-state index contributed by atoms with van der Waals surface area (Å²) >= 11 is 0. The summed E-state index contributed by atoms with van der Waals surface area (Å²) in [7, 11) is 0. The third-order valence-electron chi connectivity index (χ3n) is 3.81. The van der Waals surface area contributed by atoms with Gasteiger partial charge >= 0.3 is 0 Å². The van der Waals surface area contributed by atoms with Gasteiger partial charge in [-0.3, -0.25) is 0 Å². The minimum atomic E-state index is 0.881. The highest BCUT2D eigenvalue weighted by atomic mass is 15.2. The highest BCUT2D eigenvalue weighted by molar-refractivity contribution is 5.81. The van der Waals surface area contributed by atoms with Gasteiger partial charge in [0.2, 0.25) is 0 Å². The fourth-order valence-electron chi connectivity index (χ4n) is 2.58. The Bertz CT molecular complexity index is 565. The first kappa shape index (κ1) is 15.8. The number of nitrogens with one attached hydrogen (secondary N) is 1. The van der Waals surface area contributed by atoms with Gasteiger partial charge < -0.3 is 10.2 Å². The summed E-state index contributed by atoms with van der Waals surface area (Å²) in [5.74, 6) is 1.14. The van der Waals surface area contributed by atoms with Crippen LogP contribution in [0.3, 0.4) is 0 Å². The van der Waals surface area contributed by atoms with Crippen molar-refractivity contribution in [1.82, 2.24) is 10.3 Å². The molecule has 0 aliphatic carbocycles. The maximum Gasteiger partial charge on any atom is 0.133 e. The van der Waals surface area contributed by atoms with E-state index in [2.05, 4.69) is 61.3 Å². The number of unbranched alkanes of at least 4 members (excludes halogenated alkanes) is 1. The zero-order valence-electron chi connectivity index (χ0n) is 13.5. The summed E-state index contributed by atoms with van der Waals surface area (Å²) in [5, 5.41) is 4.66. The van der Waals surface area contributed by atoms with Crippen molar-refractivity contribution >= 4 is 16.7 Å². The smallest absolute Gasteiger partial charge is 0.133 e. The molecule has 114 valence electrons. The maximum atomic E-state index is 4.94. The molecule has 2 aromatic rings. The van der Waals surface area contributed by atoms with Crippen molar-refractivity contribution in [2.24, 2.45) is 0 Å². The van der Waals surface area contributed by atoms with Crippen LogP contribution in [0.25, 0.3) is 10.9 Å². The Hall–Kier alpha value is -1.61. The zero-order valence-corrected chi connectivity index (χ0v) is 13.5. The van der Waals surface area contributed by atoms with Crippen molar-refractivity contribution < 1.29 is 0 Å². The van der Waals surface area contributed by atoms with Crippen molar-refractivity contribution in [3.63, 3.8) is 0 Å². The van der Waals surface area contributed by atoms with E-state index < -0.39 is 0 Å². The molecular weight excluding hydrogens is 258 g/mol. The van der Waals surface area contributed by atoms with Gasteiger partial charge in [0.1, 0.15) is 5.82 Å². The summed E-state index contributed by atoms with van der Waals surface area (Å²) < 4.78 is 0. The number of anilines is 1. The number of para-hydroxylation sites is 1. The van der Waals surface area contributed by atoms with Crippen molar-refractivity contribution in [3.05, 3.63) is 35.9 Å². The Labute approximate surface area is 128 Å². The molecule has 0 amide bonds. The quantitative estimate of drug-likeness (QED) is 0.795. The molecule has 0 atom stereocenters. The lowest BCUT2D eigenvalue weighted by Gasteiger charge is -2.25. The molecule has 3 nitrogen and oxygen atoms in total. The van der Waals surface area contributed by atoms with E-state index in [4.69, 9.17) is 4.98 Å². The van der Waals surface area contributed by atoms with E-state index in [1.807, 2.05) is 0 Å². The van der Waals surface area contributed by atoms with Crippen LogP contribution in [-0.4, -0.2) is 24.6 Å². The van der Waals surface area contributed by atoms with Crippen LogP contribution in [-0.2, 0) is 6.54 Å². The van der Waals surface area contributed by atoms with Crippen molar-refractivity contribution in [2.45, 2.75) is 40.2 Å². The monoisotopic (exact) mass is 285 g/mol. The molecule has 0 bridgehead atoms. The Morgan fingerprint density at radius 1 is 1.14 bits per heavy atom. The van der Waals surface area contributed by atoms with Gasteiger partial charge in [0.05, 0.1) is 5.52 Å². The number of rotatable bonds is 8. The van der Waals surface area contributed by atoms with E-state index >= 15 is 0 Å². The Kier molecular flexibility index (Phi) is 6.00. The standard InChI is InChI=1S/C18H27N3/c1-4-7-12-21(6-3)18-16(14-19-5-2)13-15-10-8-9-11-17(15)20-18/h8-11,13,19H,4-7,12,14H2,1-3H3. The van der Waals surface area contributed by atoms with Gasteiger partial charge in [-0.05, 0) is 32.0 Å². The topological polar surface area (TPSA) is 28.2 Å². The van der Waals surface area contributed by atoms with E-state index in [9.17, 15) is 0 Å². The van der Waals surface area contributed by atoms with Gasteiger partial charge in [-0.25, -0.2) is 4.98 Å². The molecule has 0 saturated carbocycles. The summed E-state index contributed by atoms with van der Waals surface area (Å²) in [6.45, 7) is 10.5. The molecule has 1 aromatic carbocycles. The fourth-order valence-corrected chi connectivity index (χ4v) is 2.58. The third kappa shape index (κ3) is 3.94. The first-order valence-corrected chi connectivity index (χ1v) is 8.14. The normalized spacial score (nSPS) is 11.0. The molecule has 0 unspecified atom stereocenters. The van der Waals surface area contributed by atoms with Crippen LogP contribution in [0.15, 0.2) is 30.3 Å². The summed E-state index contributed by atoms with van der Waals surface area (Å²) in [5.41, 5.74) is 2.39. The van der Waals surface area contributed by atoms with E-state index in [-0.39, 0.29) is 0 Å². The summed E-state index contributed by atoms with van der Waals surface area (Å²) in [4.78, 5) is 7.34. The molecule has 0 spiro atoms. The van der Waals surface area contributed by atoms with Crippen LogP contribution in [0.1, 0.15) is 39.2 Å². The van der Waals surface area contributed by atoms with Crippen LogP contribution in [0.2, 0.25) is 0 Å². The molecule has 1 aromatic heterocycles. The van der Waals surface area contributed by atoms with Crippen LogP contribution >= 0.6 is 0 Å². The van der Waals surface area contributed by atoms with Crippen molar-refractivity contribution in [2.75, 3.05) is 24.5 Å². The molecule has 0 fully saturated rings. The van der Waals surface area contributed by atoms with Crippen molar-refractivity contribution in [3.8, 4) is 0 Å². The highest BCUT2D eigenvalue weighted by Crippen LogP contribution is 2.24. The van der Waals surface area contributed by atoms with E-state index in [0.29, 0.717) is 0 Å². The second-order valence-electron chi connectivity index (χ2n) is 5.38. The van der Waals surface area contributed by atoms with Gasteiger partial charge in [0.15, 0.2) is 0 Å². The predicted molar refractivity (Wildman–Crippen MR) is 91.9 cm³/mol. The summed E-state index contributed by atoms with van der Waals surface area (Å²) in [6, 6.07) is 10.7. The van der Waals surface area contributed by atoms with Crippen molar-refractivity contribution in [1.29, 1.82) is 0 Å². The lowest BCUT2D eigenvalue weighted by molar-refractivity contribution is 0.698. The van der Waals surface area contributed by atoms with Gasteiger partial charge in [-0.2, -0.15) is 0 Å². The number of nitrogens with zero attached hydrogens (tertiary/aromatic N) is 2. The average Bonchev–Trinajstić information content (AvgIpc) is 2.53. The number of fused-ring (bicyclic) bond motifs is 1. The van der Waals surface area contributed by atoms with Gasteiger partial charge in [-0.1, -0.05) is 38.5 Å². The van der Waals surface area contributed by atoms with Gasteiger partial charge in [0, 0.05) is 30.6 Å². The fraction of sp³-hybridized carbons (Fsp3) is 0.500. The SMILES string of the molecule is CCCCN(CC)c1nc2ccccc2cc1CNCC. The van der Waals surface area contributed by atoms with E-state index in [1.165, 1.54) is 23.8 Å². The second kappa shape index (κ2) is 7.99. The first-order valence-electron chi connectivity index (χ1n) is 8.14. The van der Waals surface area contributed by atoms with Gasteiger partial charge in [0.25, 0.3) is 0 Å². The molecule has 3 heteroatoms. The average molecular weight is 285 g/mol. The lowest BCUT2D eigenvalue weighted by atomic mass is 10.1. The Morgan fingerprint density at radius 2 is 1.95 bits per heavy atom. The maximum absolute atomic E-state index is 4.94. The third-order valence-corrected chi connectivity index (χ3v) is 3.81. The van der Waals surface area contributed by atoms with E-state index in [1.54, 1.807) is 0 Å². The van der Waals surface area contributed by atoms with E-state index in [0.717, 1.165) is 37.5 Å². The molecule has 1 heterocycles. The van der Waals surface area contributed by atoms with Crippen LogP contribution in [0.4, 0.5) is 5.82 Å². The molecule has 0 aliphatic heterocycles. The molecule has 21 heavy (non-hydrogen) atoms. The molecule has 0 radical (unpaired) electrons. The van der Waals surface area contributed by atoms with Crippen LogP contribution in [0, 0.1) is 0 Å². The summed E-state index contributed by atoms with van der Waals surface area (Å²) in [6.07, 6.45) is 2.43. The largest absolute Gasteiger partial charge is 0.357 e. The zero-order chi connectivity index (χ0) is 15.1. The Balaban J connectivity index is 2.41. The highest BCUT2D eigenvalue weighted by Gasteiger charge is 2.12. The first-order chi connectivity index (χ1) is 10.3. The number of benzene rings is 1. The molecule has 2 rings (SSSR count). The minimum Gasteiger partial charge on any atom is -0.357 e. The second-order valence-corrected chi connectivity index (χ2v) is 5.38. The Morgan fingerprint density at radius 3 is 2.67 bits per heavy atom. The number of hydrogen-bond acceptors (Lipinski definition) is 3. The molecule has 0 aliphatic rings. The molecular formula is C18H27N3. The van der Waals surface area contributed by atoms with Crippen LogP contribution < -0.4 is 10.2 Å². The number of pyridine rings is 1. The predicted octanol–water partition coefficient (Wildman–Crippen LogP) is 3.97. The van der Waals surface area contributed by atoms with Crippen LogP contribution in [0.5, 0.6) is 0 Å². The number of hydrogen-bond donors (Lipinski definition) is 1. The number of aromatic nitrogens is 1. The molecule has 0 saturated heterocycles. The van der Waals surface area contributed by atoms with Gasteiger partial charge in [-0.15, -0.1) is 0 Å². The minimum absolute atomic E-state index is 0.881. The molecule has 1 N–H and O–H groups in total.